The first-order valence-corrected chi connectivity index (χ1v) is 5.32. The molecule has 2 aromatic rings. The summed E-state index contributed by atoms with van der Waals surface area (Å²) in [5, 5.41) is 0. The molecule has 0 amide bonds. The summed E-state index contributed by atoms with van der Waals surface area (Å²) >= 11 is 3.15. The van der Waals surface area contributed by atoms with Crippen LogP contribution in [0.3, 0.4) is 0 Å². The summed E-state index contributed by atoms with van der Waals surface area (Å²) in [6, 6.07) is 9.83. The molecule has 0 spiro atoms. The van der Waals surface area contributed by atoms with Gasteiger partial charge in [0.1, 0.15) is 23.1 Å². The van der Waals surface area contributed by atoms with Crippen LogP contribution in [-0.4, -0.2) is 0 Å². The molecule has 2 rings (SSSR count). The molecule has 82 valence electrons. The molecule has 0 N–H and O–H groups in total. The minimum absolute atomic E-state index is 0.317. The molecule has 0 aromatic heterocycles. The van der Waals surface area contributed by atoms with Gasteiger partial charge >= 0.3 is 0 Å². The first kappa shape index (κ1) is 11.1. The Hall–Kier alpha value is -1.42. The van der Waals surface area contributed by atoms with Crippen molar-refractivity contribution in [2.75, 3.05) is 0 Å². The van der Waals surface area contributed by atoms with Crippen molar-refractivity contribution in [1.29, 1.82) is 0 Å². The molecule has 4 heteroatoms. The Morgan fingerprint density at radius 1 is 0.875 bits per heavy atom. The summed E-state index contributed by atoms with van der Waals surface area (Å²) in [7, 11) is 0. The zero-order chi connectivity index (χ0) is 11.5. The Balaban J connectivity index is 2.27. The van der Waals surface area contributed by atoms with E-state index in [2.05, 4.69) is 15.9 Å². The number of ether oxygens (including phenoxy) is 1. The Kier molecular flexibility index (Phi) is 3.19. The summed E-state index contributed by atoms with van der Waals surface area (Å²) in [5.74, 6) is -0.163. The third-order valence-electron chi connectivity index (χ3n) is 1.87. The highest BCUT2D eigenvalue weighted by molar-refractivity contribution is 9.10. The van der Waals surface area contributed by atoms with Crippen molar-refractivity contribution in [2.45, 2.75) is 0 Å². The van der Waals surface area contributed by atoms with E-state index in [4.69, 9.17) is 4.74 Å². The Morgan fingerprint density at radius 2 is 1.62 bits per heavy atom. The topological polar surface area (TPSA) is 9.23 Å². The van der Waals surface area contributed by atoms with Crippen LogP contribution in [0.15, 0.2) is 46.9 Å². The van der Waals surface area contributed by atoms with Gasteiger partial charge in [-0.3, -0.25) is 0 Å². The Morgan fingerprint density at radius 3 is 2.31 bits per heavy atom. The maximum Gasteiger partial charge on any atom is 0.131 e. The molecule has 2 aromatic carbocycles. The molecular weight excluding hydrogens is 278 g/mol. The highest BCUT2D eigenvalue weighted by Gasteiger charge is 2.02. The van der Waals surface area contributed by atoms with Gasteiger partial charge in [-0.15, -0.1) is 0 Å². The summed E-state index contributed by atoms with van der Waals surface area (Å²) in [6.45, 7) is 0. The van der Waals surface area contributed by atoms with Gasteiger partial charge in [0.2, 0.25) is 0 Å². The summed E-state index contributed by atoms with van der Waals surface area (Å²) < 4.78 is 31.8. The average molecular weight is 285 g/mol. The van der Waals surface area contributed by atoms with Gasteiger partial charge in [0.25, 0.3) is 0 Å². The highest BCUT2D eigenvalue weighted by atomic mass is 79.9. The highest BCUT2D eigenvalue weighted by Crippen LogP contribution is 2.26. The third-order valence-corrected chi connectivity index (χ3v) is 2.33. The first-order chi connectivity index (χ1) is 7.63. The molecule has 0 saturated heterocycles. The predicted octanol–water partition coefficient (Wildman–Crippen LogP) is 4.52. The quantitative estimate of drug-likeness (QED) is 0.788. The van der Waals surface area contributed by atoms with Gasteiger partial charge in [-0.05, 0) is 24.3 Å². The van der Waals surface area contributed by atoms with Crippen molar-refractivity contribution in [3.8, 4) is 11.5 Å². The number of hydrogen-bond acceptors (Lipinski definition) is 1. The van der Waals surface area contributed by atoms with Gasteiger partial charge < -0.3 is 4.74 Å². The second kappa shape index (κ2) is 4.61. The minimum Gasteiger partial charge on any atom is -0.457 e. The maximum absolute atomic E-state index is 13.0. The number of rotatable bonds is 2. The van der Waals surface area contributed by atoms with Gasteiger partial charge in [0, 0.05) is 16.6 Å². The Labute approximate surface area is 99.8 Å². The average Bonchev–Trinajstić information content (AvgIpc) is 2.15. The van der Waals surface area contributed by atoms with Gasteiger partial charge in [-0.1, -0.05) is 22.0 Å². The van der Waals surface area contributed by atoms with Gasteiger partial charge in [-0.25, -0.2) is 8.78 Å². The molecule has 0 aliphatic rings. The van der Waals surface area contributed by atoms with Crippen LogP contribution < -0.4 is 4.74 Å². The van der Waals surface area contributed by atoms with E-state index in [0.29, 0.717) is 16.0 Å². The molecule has 0 bridgehead atoms. The SMILES string of the molecule is Fc1cccc(Oc2cc(F)cc(Br)c2)c1. The molecular formula is C12H7BrF2O. The lowest BCUT2D eigenvalue weighted by Gasteiger charge is -2.06. The maximum atomic E-state index is 13.0. The fraction of sp³-hybridized carbons (Fsp3) is 0. The summed E-state index contributed by atoms with van der Waals surface area (Å²) in [5.41, 5.74) is 0. The lowest BCUT2D eigenvalue weighted by atomic mass is 10.3. The van der Waals surface area contributed by atoms with E-state index >= 15 is 0 Å². The predicted molar refractivity (Wildman–Crippen MR) is 60.6 cm³/mol. The van der Waals surface area contributed by atoms with Crippen molar-refractivity contribution < 1.29 is 13.5 Å². The monoisotopic (exact) mass is 284 g/mol. The van der Waals surface area contributed by atoms with Crippen molar-refractivity contribution >= 4 is 15.9 Å². The van der Waals surface area contributed by atoms with Crippen LogP contribution in [0.4, 0.5) is 8.78 Å². The smallest absolute Gasteiger partial charge is 0.131 e. The van der Waals surface area contributed by atoms with Gasteiger partial charge in [0.05, 0.1) is 0 Å². The number of benzene rings is 2. The van der Waals surface area contributed by atoms with Gasteiger partial charge in [-0.2, -0.15) is 0 Å². The second-order valence-electron chi connectivity index (χ2n) is 3.16. The second-order valence-corrected chi connectivity index (χ2v) is 4.08. The zero-order valence-electron chi connectivity index (χ0n) is 8.08. The fourth-order valence-electron chi connectivity index (χ4n) is 1.25. The number of hydrogen-bond donors (Lipinski definition) is 0. The Bertz CT molecular complexity index is 494. The van der Waals surface area contributed by atoms with Crippen LogP contribution >= 0.6 is 15.9 Å². The minimum atomic E-state index is -0.416. The third kappa shape index (κ3) is 2.79. The molecule has 0 radical (unpaired) electrons. The summed E-state index contributed by atoms with van der Waals surface area (Å²) in [4.78, 5) is 0. The van der Waals surface area contributed by atoms with E-state index in [0.717, 1.165) is 0 Å². The van der Waals surface area contributed by atoms with E-state index in [1.54, 1.807) is 12.1 Å². The van der Waals surface area contributed by atoms with E-state index in [-0.39, 0.29) is 0 Å². The van der Waals surface area contributed by atoms with Crippen LogP contribution in [0.1, 0.15) is 0 Å². The first-order valence-electron chi connectivity index (χ1n) is 4.53. The van der Waals surface area contributed by atoms with E-state index < -0.39 is 11.6 Å². The lowest BCUT2D eigenvalue weighted by Crippen LogP contribution is -1.86. The molecule has 0 fully saturated rings. The summed E-state index contributed by atoms with van der Waals surface area (Å²) in [6.07, 6.45) is 0. The molecule has 0 unspecified atom stereocenters. The van der Waals surface area contributed by atoms with Crippen molar-refractivity contribution in [3.63, 3.8) is 0 Å². The van der Waals surface area contributed by atoms with E-state index in [1.807, 2.05) is 0 Å². The van der Waals surface area contributed by atoms with Crippen molar-refractivity contribution in [1.82, 2.24) is 0 Å². The molecule has 16 heavy (non-hydrogen) atoms. The largest absolute Gasteiger partial charge is 0.457 e. The van der Waals surface area contributed by atoms with Crippen molar-refractivity contribution in [2.24, 2.45) is 0 Å². The lowest BCUT2D eigenvalue weighted by molar-refractivity contribution is 0.471. The molecule has 0 aliphatic carbocycles. The van der Waals surface area contributed by atoms with Gasteiger partial charge in [0.15, 0.2) is 0 Å². The fourth-order valence-corrected chi connectivity index (χ4v) is 1.70. The van der Waals surface area contributed by atoms with E-state index in [1.165, 1.54) is 30.3 Å². The van der Waals surface area contributed by atoms with Crippen LogP contribution in [0.5, 0.6) is 11.5 Å². The van der Waals surface area contributed by atoms with Crippen LogP contribution in [0.2, 0.25) is 0 Å². The zero-order valence-corrected chi connectivity index (χ0v) is 9.67. The van der Waals surface area contributed by atoms with Crippen LogP contribution in [0, 0.1) is 11.6 Å². The molecule has 0 atom stereocenters. The molecule has 1 nitrogen and oxygen atoms in total. The van der Waals surface area contributed by atoms with E-state index in [9.17, 15) is 8.78 Å². The number of halogens is 3. The molecule has 0 aliphatic heterocycles. The standard InChI is InChI=1S/C12H7BrF2O/c13-8-4-10(15)7-12(5-8)16-11-3-1-2-9(14)6-11/h1-7H. The molecule has 0 saturated carbocycles. The molecule has 0 heterocycles. The van der Waals surface area contributed by atoms with Crippen LogP contribution in [0.25, 0.3) is 0 Å². The van der Waals surface area contributed by atoms with Crippen molar-refractivity contribution in [3.05, 3.63) is 58.6 Å². The van der Waals surface area contributed by atoms with Crippen LogP contribution in [-0.2, 0) is 0 Å². The normalized spacial score (nSPS) is 10.2.